The molecule has 4 aliphatic rings. The molecule has 1 N–H and O–H groups in total. The number of hydrogen-bond donors (Lipinski definition) is 1. The van der Waals surface area contributed by atoms with Crippen LogP contribution in [0.3, 0.4) is 0 Å². The lowest BCUT2D eigenvalue weighted by Gasteiger charge is -2.64. The van der Waals surface area contributed by atoms with Gasteiger partial charge in [0, 0.05) is 18.0 Å². The van der Waals surface area contributed by atoms with E-state index < -0.39 is 5.60 Å². The van der Waals surface area contributed by atoms with Crippen LogP contribution in [0.2, 0.25) is 0 Å². The monoisotopic (exact) mass is 445 g/mol. The Morgan fingerprint density at radius 1 is 1.03 bits per heavy atom. The lowest BCUT2D eigenvalue weighted by atomic mass is 9.49. The molecular formula is C29H35NO3. The highest BCUT2D eigenvalue weighted by Crippen LogP contribution is 2.58. The second-order valence-electron chi connectivity index (χ2n) is 10.9. The third-order valence-electron chi connectivity index (χ3n) is 9.21. The number of carbonyl (C=O) groups is 1. The molecule has 3 atom stereocenters. The van der Waals surface area contributed by atoms with E-state index in [1.807, 2.05) is 36.4 Å². The number of piperidine rings is 1. The predicted molar refractivity (Wildman–Crippen MR) is 128 cm³/mol. The Labute approximate surface area is 196 Å². The molecule has 174 valence electrons. The van der Waals surface area contributed by atoms with Crippen LogP contribution in [0, 0.1) is 5.92 Å². The van der Waals surface area contributed by atoms with Gasteiger partial charge in [-0.3, -0.25) is 9.69 Å². The number of rotatable bonds is 5. The molecule has 0 unspecified atom stereocenters. The number of aliphatic hydroxyl groups is 1. The maximum atomic E-state index is 12.6. The summed E-state index contributed by atoms with van der Waals surface area (Å²) in [6, 6.07) is 16.2. The third kappa shape index (κ3) is 3.54. The summed E-state index contributed by atoms with van der Waals surface area (Å²) in [6.45, 7) is 2.22. The topological polar surface area (TPSA) is 49.8 Å². The van der Waals surface area contributed by atoms with Gasteiger partial charge in [-0.15, -0.1) is 0 Å². The predicted octanol–water partition coefficient (Wildman–Crippen LogP) is 4.81. The fraction of sp³-hybridized carbons (Fsp3) is 0.552. The van der Waals surface area contributed by atoms with Crippen molar-refractivity contribution in [1.29, 1.82) is 0 Å². The van der Waals surface area contributed by atoms with E-state index >= 15 is 0 Å². The molecule has 0 aromatic heterocycles. The molecule has 6 rings (SSSR count). The van der Waals surface area contributed by atoms with Gasteiger partial charge in [0.1, 0.15) is 5.75 Å². The van der Waals surface area contributed by atoms with Crippen molar-refractivity contribution in [2.24, 2.45) is 5.92 Å². The average Bonchev–Trinajstić information content (AvgIpc) is 2.78. The van der Waals surface area contributed by atoms with E-state index in [9.17, 15) is 9.90 Å². The molecule has 1 saturated heterocycles. The Balaban J connectivity index is 1.29. The van der Waals surface area contributed by atoms with Crippen molar-refractivity contribution in [3.63, 3.8) is 0 Å². The molecule has 0 radical (unpaired) electrons. The molecule has 4 heteroatoms. The second kappa shape index (κ2) is 8.25. The summed E-state index contributed by atoms with van der Waals surface area (Å²) < 4.78 is 5.80. The van der Waals surface area contributed by atoms with Crippen molar-refractivity contribution in [3.05, 3.63) is 65.2 Å². The molecule has 1 heterocycles. The SMILES string of the molecule is O=C(Cc1ccccc1)Oc1ccc2c(c1)[C@@]13CCCC[C@@]1(O)[C@@H](C2)N(CC1CCC1)CC3. The molecule has 0 amide bonds. The number of likely N-dealkylation sites (tertiary alicyclic amines) is 1. The fourth-order valence-electron chi connectivity index (χ4n) is 7.30. The summed E-state index contributed by atoms with van der Waals surface area (Å²) in [5, 5.41) is 12.3. The lowest BCUT2D eigenvalue weighted by molar-refractivity contribution is -0.169. The minimum Gasteiger partial charge on any atom is -0.426 e. The summed E-state index contributed by atoms with van der Waals surface area (Å²) >= 11 is 0. The summed E-state index contributed by atoms with van der Waals surface area (Å²) in [7, 11) is 0. The van der Waals surface area contributed by atoms with Gasteiger partial charge < -0.3 is 9.84 Å². The van der Waals surface area contributed by atoms with Gasteiger partial charge in [0.15, 0.2) is 0 Å². The molecular weight excluding hydrogens is 410 g/mol. The number of ether oxygens (including phenoxy) is 1. The van der Waals surface area contributed by atoms with Crippen molar-refractivity contribution in [2.45, 2.75) is 81.3 Å². The number of nitrogens with zero attached hydrogens (tertiary/aromatic N) is 1. The summed E-state index contributed by atoms with van der Waals surface area (Å²) in [4.78, 5) is 15.2. The average molecular weight is 446 g/mol. The van der Waals surface area contributed by atoms with E-state index in [0.717, 1.165) is 63.1 Å². The number of hydrogen-bond acceptors (Lipinski definition) is 4. The van der Waals surface area contributed by atoms with E-state index in [-0.39, 0.29) is 23.8 Å². The van der Waals surface area contributed by atoms with Crippen molar-refractivity contribution >= 4 is 5.97 Å². The Morgan fingerprint density at radius 3 is 2.64 bits per heavy atom. The molecule has 2 aromatic rings. The van der Waals surface area contributed by atoms with Crippen molar-refractivity contribution in [2.75, 3.05) is 13.1 Å². The van der Waals surface area contributed by atoms with Crippen molar-refractivity contribution < 1.29 is 14.6 Å². The zero-order chi connectivity index (χ0) is 22.5. The first kappa shape index (κ1) is 21.4. The summed E-state index contributed by atoms with van der Waals surface area (Å²) in [5.41, 5.74) is 2.67. The number of carbonyl (C=O) groups excluding carboxylic acids is 1. The van der Waals surface area contributed by atoms with Crippen LogP contribution in [0.5, 0.6) is 5.75 Å². The Hall–Kier alpha value is -2.17. The summed E-state index contributed by atoms with van der Waals surface area (Å²) in [6.07, 6.45) is 10.4. The number of benzene rings is 2. The van der Waals surface area contributed by atoms with E-state index in [4.69, 9.17) is 4.74 Å². The molecule has 0 spiro atoms. The molecule has 4 nitrogen and oxygen atoms in total. The highest BCUT2D eigenvalue weighted by molar-refractivity contribution is 5.75. The van der Waals surface area contributed by atoms with E-state index in [0.29, 0.717) is 5.75 Å². The smallest absolute Gasteiger partial charge is 0.315 e. The van der Waals surface area contributed by atoms with Crippen LogP contribution in [0.1, 0.15) is 68.1 Å². The normalized spacial score (nSPS) is 31.2. The first-order valence-corrected chi connectivity index (χ1v) is 12.9. The van der Waals surface area contributed by atoms with Crippen LogP contribution < -0.4 is 4.74 Å². The zero-order valence-electron chi connectivity index (χ0n) is 19.5. The maximum absolute atomic E-state index is 12.6. The highest BCUT2D eigenvalue weighted by Gasteiger charge is 2.63. The van der Waals surface area contributed by atoms with Gasteiger partial charge in [0.2, 0.25) is 0 Å². The van der Waals surface area contributed by atoms with Gasteiger partial charge >= 0.3 is 5.97 Å². The molecule has 2 aromatic carbocycles. The van der Waals surface area contributed by atoms with Gasteiger partial charge in [-0.2, -0.15) is 0 Å². The van der Waals surface area contributed by atoms with E-state index in [1.165, 1.54) is 30.4 Å². The van der Waals surface area contributed by atoms with Crippen LogP contribution in [-0.4, -0.2) is 40.7 Å². The molecule has 1 aliphatic heterocycles. The molecule has 3 fully saturated rings. The van der Waals surface area contributed by atoms with Gasteiger partial charge in [-0.25, -0.2) is 0 Å². The number of esters is 1. The highest BCUT2D eigenvalue weighted by atomic mass is 16.5. The Kier molecular flexibility index (Phi) is 5.34. The van der Waals surface area contributed by atoms with E-state index in [2.05, 4.69) is 17.0 Å². The fourth-order valence-corrected chi connectivity index (χ4v) is 7.30. The molecule has 2 saturated carbocycles. The van der Waals surface area contributed by atoms with Crippen LogP contribution in [0.15, 0.2) is 48.5 Å². The van der Waals surface area contributed by atoms with Crippen LogP contribution in [0.25, 0.3) is 0 Å². The van der Waals surface area contributed by atoms with Gasteiger partial charge in [0.25, 0.3) is 0 Å². The van der Waals surface area contributed by atoms with Crippen molar-refractivity contribution in [1.82, 2.24) is 4.90 Å². The molecule has 2 bridgehead atoms. The molecule has 3 aliphatic carbocycles. The van der Waals surface area contributed by atoms with Crippen LogP contribution >= 0.6 is 0 Å². The second-order valence-corrected chi connectivity index (χ2v) is 10.9. The van der Waals surface area contributed by atoms with Gasteiger partial charge in [-0.1, -0.05) is 55.7 Å². The lowest BCUT2D eigenvalue weighted by Crippen LogP contribution is -2.72. The maximum Gasteiger partial charge on any atom is 0.315 e. The molecule has 33 heavy (non-hydrogen) atoms. The first-order valence-electron chi connectivity index (χ1n) is 12.9. The quantitative estimate of drug-likeness (QED) is 0.530. The third-order valence-corrected chi connectivity index (χ3v) is 9.21. The minimum absolute atomic E-state index is 0.207. The van der Waals surface area contributed by atoms with Crippen LogP contribution in [0.4, 0.5) is 0 Å². The van der Waals surface area contributed by atoms with E-state index in [1.54, 1.807) is 0 Å². The minimum atomic E-state index is -0.674. The van der Waals surface area contributed by atoms with Crippen LogP contribution in [-0.2, 0) is 23.1 Å². The van der Waals surface area contributed by atoms with Gasteiger partial charge in [0.05, 0.1) is 12.0 Å². The summed E-state index contributed by atoms with van der Waals surface area (Å²) in [5.74, 6) is 1.20. The Morgan fingerprint density at radius 2 is 1.85 bits per heavy atom. The van der Waals surface area contributed by atoms with Gasteiger partial charge in [-0.05, 0) is 79.8 Å². The largest absolute Gasteiger partial charge is 0.426 e. The first-order chi connectivity index (χ1) is 16.1. The zero-order valence-corrected chi connectivity index (χ0v) is 19.5. The number of fused-ring (bicyclic) bond motifs is 1. The van der Waals surface area contributed by atoms with Crippen molar-refractivity contribution in [3.8, 4) is 5.75 Å². The Bertz CT molecular complexity index is 1030. The standard InChI is InChI=1S/C29H35NO3/c31-27(17-21-7-2-1-3-8-21)33-24-12-11-23-18-26-29(32)14-5-4-13-28(29,25(23)19-24)15-16-30(26)20-22-9-6-10-22/h1-3,7-8,11-12,19,22,26,32H,4-6,9-10,13-18,20H2/t26-,28+,29-/m1/s1.